The van der Waals surface area contributed by atoms with Crippen LogP contribution in [0.4, 0.5) is 4.79 Å². The van der Waals surface area contributed by atoms with Crippen LogP contribution in [-0.2, 0) is 0 Å². The second-order valence-corrected chi connectivity index (χ2v) is 3.66. The number of likely N-dealkylation sites (N-methyl/N-ethyl adjacent to an activating group) is 1. The lowest BCUT2D eigenvalue weighted by molar-refractivity contribution is 0.226. The van der Waals surface area contributed by atoms with E-state index >= 15 is 0 Å². The van der Waals surface area contributed by atoms with Crippen LogP contribution < -0.4 is 10.1 Å². The van der Waals surface area contributed by atoms with Gasteiger partial charge in [-0.25, -0.2) is 4.79 Å². The van der Waals surface area contributed by atoms with Crippen molar-refractivity contribution in [2.75, 3.05) is 20.7 Å². The average molecular weight is 206 g/mol. The molecule has 2 rings (SSSR count). The largest absolute Gasteiger partial charge is 0.497 e. The molecule has 15 heavy (non-hydrogen) atoms. The van der Waals surface area contributed by atoms with Crippen molar-refractivity contribution in [2.24, 2.45) is 0 Å². The molecule has 0 bridgehead atoms. The summed E-state index contributed by atoms with van der Waals surface area (Å²) < 4.78 is 5.08. The number of amides is 2. The van der Waals surface area contributed by atoms with E-state index in [0.717, 1.165) is 11.3 Å². The van der Waals surface area contributed by atoms with E-state index in [2.05, 4.69) is 5.32 Å². The predicted molar refractivity (Wildman–Crippen MR) is 56.9 cm³/mol. The maximum absolute atomic E-state index is 11.3. The fourth-order valence-corrected chi connectivity index (χ4v) is 1.69. The molecule has 2 amide bonds. The number of rotatable bonds is 2. The van der Waals surface area contributed by atoms with Crippen LogP contribution in [0.3, 0.4) is 0 Å². The smallest absolute Gasteiger partial charge is 0.317 e. The number of carbonyl (C=O) groups excluding carboxylic acids is 1. The van der Waals surface area contributed by atoms with Crippen LogP contribution in [0.15, 0.2) is 24.3 Å². The Kier molecular flexibility index (Phi) is 2.49. The van der Waals surface area contributed by atoms with Gasteiger partial charge in [-0.3, -0.25) is 0 Å². The van der Waals surface area contributed by atoms with Crippen molar-refractivity contribution in [3.8, 4) is 5.75 Å². The molecule has 1 aliphatic rings. The van der Waals surface area contributed by atoms with Crippen LogP contribution in [0.2, 0.25) is 0 Å². The Labute approximate surface area is 88.8 Å². The molecule has 0 saturated carbocycles. The molecular weight excluding hydrogens is 192 g/mol. The molecule has 4 nitrogen and oxygen atoms in total. The number of methoxy groups -OCH3 is 1. The van der Waals surface area contributed by atoms with Crippen LogP contribution in [0.5, 0.6) is 5.75 Å². The highest BCUT2D eigenvalue weighted by Gasteiger charge is 2.26. The lowest BCUT2D eigenvalue weighted by Gasteiger charge is -2.10. The Balaban J connectivity index is 2.13. The van der Waals surface area contributed by atoms with E-state index in [1.54, 1.807) is 19.1 Å². The molecule has 0 aromatic heterocycles. The van der Waals surface area contributed by atoms with Gasteiger partial charge in [0.2, 0.25) is 0 Å². The average Bonchev–Trinajstić information content (AvgIpc) is 2.59. The van der Waals surface area contributed by atoms with E-state index in [4.69, 9.17) is 4.74 Å². The normalized spacial score (nSPS) is 20.3. The molecule has 1 saturated heterocycles. The van der Waals surface area contributed by atoms with Crippen molar-refractivity contribution in [2.45, 2.75) is 6.04 Å². The number of nitrogens with zero attached hydrogens (tertiary/aromatic N) is 1. The molecule has 1 aliphatic heterocycles. The Bertz CT molecular complexity index is 361. The van der Waals surface area contributed by atoms with Crippen LogP contribution in [-0.4, -0.2) is 31.6 Å². The summed E-state index contributed by atoms with van der Waals surface area (Å²) in [6.45, 7) is 0.713. The third-order valence-corrected chi connectivity index (χ3v) is 2.62. The summed E-state index contributed by atoms with van der Waals surface area (Å²) in [5.74, 6) is 0.830. The second kappa shape index (κ2) is 3.81. The summed E-state index contributed by atoms with van der Waals surface area (Å²) in [6, 6.07) is 7.83. The van der Waals surface area contributed by atoms with Crippen LogP contribution in [0, 0.1) is 0 Å². The van der Waals surface area contributed by atoms with Gasteiger partial charge in [-0.1, -0.05) is 12.1 Å². The third-order valence-electron chi connectivity index (χ3n) is 2.62. The first kappa shape index (κ1) is 9.83. The Morgan fingerprint density at radius 2 is 2.07 bits per heavy atom. The molecule has 1 aromatic carbocycles. The van der Waals surface area contributed by atoms with Crippen LogP contribution in [0.1, 0.15) is 11.6 Å². The van der Waals surface area contributed by atoms with Gasteiger partial charge in [-0.2, -0.15) is 0 Å². The molecule has 1 unspecified atom stereocenters. The minimum absolute atomic E-state index is 0.0178. The molecule has 1 N–H and O–H groups in total. The Morgan fingerprint density at radius 3 is 2.53 bits per heavy atom. The second-order valence-electron chi connectivity index (χ2n) is 3.66. The highest BCUT2D eigenvalue weighted by Crippen LogP contribution is 2.21. The van der Waals surface area contributed by atoms with Gasteiger partial charge in [0.1, 0.15) is 5.75 Å². The van der Waals surface area contributed by atoms with E-state index in [1.807, 2.05) is 24.3 Å². The zero-order chi connectivity index (χ0) is 10.8. The molecular formula is C11H14N2O2. The lowest BCUT2D eigenvalue weighted by Crippen LogP contribution is -2.23. The topological polar surface area (TPSA) is 41.6 Å². The summed E-state index contributed by atoms with van der Waals surface area (Å²) in [7, 11) is 3.43. The van der Waals surface area contributed by atoms with Gasteiger partial charge in [0.05, 0.1) is 13.2 Å². The fourth-order valence-electron chi connectivity index (χ4n) is 1.69. The maximum Gasteiger partial charge on any atom is 0.317 e. The third kappa shape index (κ3) is 1.88. The first-order valence-electron chi connectivity index (χ1n) is 4.86. The van der Waals surface area contributed by atoms with E-state index in [1.165, 1.54) is 0 Å². The number of urea groups is 1. The number of ether oxygens (including phenoxy) is 1. The monoisotopic (exact) mass is 206 g/mol. The SMILES string of the molecule is COc1ccc(C2CN(C)C(=O)N2)cc1. The molecule has 4 heteroatoms. The Morgan fingerprint density at radius 1 is 1.40 bits per heavy atom. The summed E-state index contributed by atoms with van der Waals surface area (Å²) in [6.07, 6.45) is 0. The van der Waals surface area contributed by atoms with E-state index < -0.39 is 0 Å². The summed E-state index contributed by atoms with van der Waals surface area (Å²) >= 11 is 0. The Hall–Kier alpha value is -1.71. The highest BCUT2D eigenvalue weighted by molar-refractivity contribution is 5.76. The maximum atomic E-state index is 11.3. The van der Waals surface area contributed by atoms with E-state index in [0.29, 0.717) is 6.54 Å². The van der Waals surface area contributed by atoms with E-state index in [9.17, 15) is 4.79 Å². The first-order chi connectivity index (χ1) is 7.20. The molecule has 1 atom stereocenters. The number of benzene rings is 1. The molecule has 0 aliphatic carbocycles. The van der Waals surface area contributed by atoms with Crippen molar-refractivity contribution in [1.29, 1.82) is 0 Å². The summed E-state index contributed by atoms with van der Waals surface area (Å²) in [5.41, 5.74) is 1.11. The van der Waals surface area contributed by atoms with Gasteiger partial charge in [-0.15, -0.1) is 0 Å². The lowest BCUT2D eigenvalue weighted by atomic mass is 10.1. The van der Waals surface area contributed by atoms with Gasteiger partial charge >= 0.3 is 6.03 Å². The molecule has 1 heterocycles. The quantitative estimate of drug-likeness (QED) is 0.794. The number of nitrogens with one attached hydrogen (secondary N) is 1. The number of hydrogen-bond acceptors (Lipinski definition) is 2. The number of carbonyl (C=O) groups is 1. The van der Waals surface area contributed by atoms with Crippen molar-refractivity contribution >= 4 is 6.03 Å². The van der Waals surface area contributed by atoms with Gasteiger partial charge in [0.15, 0.2) is 0 Å². The summed E-state index contributed by atoms with van der Waals surface area (Å²) in [4.78, 5) is 12.9. The van der Waals surface area contributed by atoms with Gasteiger partial charge in [0.25, 0.3) is 0 Å². The molecule has 0 spiro atoms. The fraction of sp³-hybridized carbons (Fsp3) is 0.364. The number of hydrogen-bond donors (Lipinski definition) is 1. The van der Waals surface area contributed by atoms with Crippen LogP contribution >= 0.6 is 0 Å². The predicted octanol–water partition coefficient (Wildman–Crippen LogP) is 1.39. The van der Waals surface area contributed by atoms with Gasteiger partial charge in [-0.05, 0) is 17.7 Å². The van der Waals surface area contributed by atoms with E-state index in [-0.39, 0.29) is 12.1 Å². The molecule has 1 aromatic rings. The zero-order valence-electron chi connectivity index (χ0n) is 8.86. The minimum Gasteiger partial charge on any atom is -0.497 e. The summed E-state index contributed by atoms with van der Waals surface area (Å²) in [5, 5.41) is 2.90. The minimum atomic E-state index is -0.0178. The van der Waals surface area contributed by atoms with Gasteiger partial charge in [0, 0.05) is 13.6 Å². The molecule has 1 fully saturated rings. The van der Waals surface area contributed by atoms with Crippen molar-refractivity contribution in [1.82, 2.24) is 10.2 Å². The highest BCUT2D eigenvalue weighted by atomic mass is 16.5. The molecule has 80 valence electrons. The van der Waals surface area contributed by atoms with Crippen LogP contribution in [0.25, 0.3) is 0 Å². The first-order valence-corrected chi connectivity index (χ1v) is 4.86. The van der Waals surface area contributed by atoms with Crippen molar-refractivity contribution < 1.29 is 9.53 Å². The van der Waals surface area contributed by atoms with Gasteiger partial charge < -0.3 is 15.0 Å². The standard InChI is InChI=1S/C11H14N2O2/c1-13-7-10(12-11(13)14)8-3-5-9(15-2)6-4-8/h3-6,10H,7H2,1-2H3,(H,12,14). The molecule has 0 radical (unpaired) electrons. The van der Waals surface area contributed by atoms with Crippen molar-refractivity contribution in [3.63, 3.8) is 0 Å². The van der Waals surface area contributed by atoms with Crippen molar-refractivity contribution in [3.05, 3.63) is 29.8 Å². The zero-order valence-corrected chi connectivity index (χ0v) is 8.86.